The van der Waals surface area contributed by atoms with Gasteiger partial charge in [0.15, 0.2) is 4.90 Å². The summed E-state index contributed by atoms with van der Waals surface area (Å²) in [4.78, 5) is 24.4. The maximum atomic E-state index is 12.7. The van der Waals surface area contributed by atoms with Gasteiger partial charge in [-0.2, -0.15) is 0 Å². The highest BCUT2D eigenvalue weighted by molar-refractivity contribution is 7.92. The minimum Gasteiger partial charge on any atom is -0.312 e. The van der Waals surface area contributed by atoms with Crippen LogP contribution in [0.3, 0.4) is 0 Å². The number of nitrogens with one attached hydrogen (secondary N) is 1. The Morgan fingerprint density at radius 1 is 1.18 bits per heavy atom. The van der Waals surface area contributed by atoms with E-state index in [9.17, 15) is 23.3 Å². The Morgan fingerprint density at radius 2 is 1.93 bits per heavy atom. The molecule has 0 atom stereocenters. The Balaban J connectivity index is 1.67. The van der Waals surface area contributed by atoms with Crippen molar-refractivity contribution in [3.05, 3.63) is 58.1 Å². The van der Waals surface area contributed by atoms with Gasteiger partial charge in [-0.25, -0.2) is 8.42 Å². The average Bonchev–Trinajstić information content (AvgIpc) is 3.52. The van der Waals surface area contributed by atoms with E-state index >= 15 is 0 Å². The number of nitrogens with zero attached hydrogens (tertiary/aromatic N) is 2. The summed E-state index contributed by atoms with van der Waals surface area (Å²) >= 11 is 0. The second kappa shape index (κ2) is 6.90. The van der Waals surface area contributed by atoms with Crippen LogP contribution in [0, 0.1) is 16.0 Å². The molecule has 28 heavy (non-hydrogen) atoms. The SMILES string of the molecule is O=C(C1CC1)N1CCCc2ccc(NS(=O)(=O)c3ccccc3[N+](=O)[O-])cc21. The van der Waals surface area contributed by atoms with Crippen LogP contribution < -0.4 is 9.62 Å². The van der Waals surface area contributed by atoms with E-state index in [-0.39, 0.29) is 17.5 Å². The molecule has 9 heteroatoms. The molecule has 2 aliphatic rings. The van der Waals surface area contributed by atoms with Crippen molar-refractivity contribution in [1.82, 2.24) is 0 Å². The van der Waals surface area contributed by atoms with Crippen LogP contribution in [0.2, 0.25) is 0 Å². The summed E-state index contributed by atoms with van der Waals surface area (Å²) in [7, 11) is -4.15. The van der Waals surface area contributed by atoms with Crippen LogP contribution in [-0.4, -0.2) is 25.8 Å². The number of hydrogen-bond acceptors (Lipinski definition) is 5. The average molecular weight is 401 g/mol. The second-order valence-electron chi connectivity index (χ2n) is 7.04. The highest BCUT2D eigenvalue weighted by atomic mass is 32.2. The fourth-order valence-electron chi connectivity index (χ4n) is 3.46. The molecule has 0 unspecified atom stereocenters. The Morgan fingerprint density at radius 3 is 2.64 bits per heavy atom. The maximum Gasteiger partial charge on any atom is 0.289 e. The van der Waals surface area contributed by atoms with Gasteiger partial charge in [0.1, 0.15) is 0 Å². The molecule has 0 saturated heterocycles. The topological polar surface area (TPSA) is 110 Å². The number of rotatable bonds is 5. The van der Waals surface area contributed by atoms with Crippen LogP contribution in [0.15, 0.2) is 47.4 Å². The summed E-state index contributed by atoms with van der Waals surface area (Å²) in [6.07, 6.45) is 3.48. The van der Waals surface area contributed by atoms with E-state index in [2.05, 4.69) is 4.72 Å². The van der Waals surface area contributed by atoms with Crippen LogP contribution >= 0.6 is 0 Å². The molecule has 1 saturated carbocycles. The predicted octanol–water partition coefficient (Wildman–Crippen LogP) is 3.08. The number of nitro groups is 1. The zero-order valence-electron chi connectivity index (χ0n) is 15.0. The molecule has 0 aromatic heterocycles. The third-order valence-electron chi connectivity index (χ3n) is 5.00. The number of amides is 1. The first-order valence-corrected chi connectivity index (χ1v) is 10.6. The third-order valence-corrected chi connectivity index (χ3v) is 6.43. The maximum absolute atomic E-state index is 12.7. The first-order chi connectivity index (χ1) is 13.4. The van der Waals surface area contributed by atoms with E-state index in [1.807, 2.05) is 0 Å². The lowest BCUT2D eigenvalue weighted by atomic mass is 10.0. The summed E-state index contributed by atoms with van der Waals surface area (Å²) in [6.45, 7) is 0.614. The minimum absolute atomic E-state index is 0.0678. The van der Waals surface area contributed by atoms with Gasteiger partial charge in [-0.3, -0.25) is 19.6 Å². The molecule has 2 aromatic carbocycles. The number of carbonyl (C=O) groups is 1. The van der Waals surface area contributed by atoms with Gasteiger partial charge in [0.05, 0.1) is 10.6 Å². The van der Waals surface area contributed by atoms with Crippen LogP contribution in [0.5, 0.6) is 0 Å². The van der Waals surface area contributed by atoms with Gasteiger partial charge in [0.25, 0.3) is 15.7 Å². The number of fused-ring (bicyclic) bond motifs is 1. The molecule has 0 radical (unpaired) electrons. The van der Waals surface area contributed by atoms with E-state index in [1.165, 1.54) is 18.2 Å². The molecule has 0 spiro atoms. The van der Waals surface area contributed by atoms with Crippen LogP contribution in [0.4, 0.5) is 17.1 Å². The van der Waals surface area contributed by atoms with E-state index in [1.54, 1.807) is 23.1 Å². The highest BCUT2D eigenvalue weighted by Gasteiger charge is 2.35. The molecule has 0 bridgehead atoms. The van der Waals surface area contributed by atoms with Gasteiger partial charge < -0.3 is 4.90 Å². The summed E-state index contributed by atoms with van der Waals surface area (Å²) in [5.74, 6) is 0.151. The standard InChI is InChI=1S/C19H19N3O5S/c23-19(14-7-8-14)21-11-3-4-13-9-10-15(12-17(13)21)20-28(26,27)18-6-2-1-5-16(18)22(24)25/h1-2,5-6,9-10,12,14,20H,3-4,7-8,11H2. The summed E-state index contributed by atoms with van der Waals surface area (Å²) < 4.78 is 27.9. The van der Waals surface area contributed by atoms with Gasteiger partial charge in [0.2, 0.25) is 5.91 Å². The lowest BCUT2D eigenvalue weighted by Gasteiger charge is -2.30. The molecule has 1 N–H and O–H groups in total. The molecule has 2 aromatic rings. The Kier molecular flexibility index (Phi) is 4.54. The van der Waals surface area contributed by atoms with Crippen molar-refractivity contribution >= 4 is 33.0 Å². The minimum atomic E-state index is -4.15. The van der Waals surface area contributed by atoms with Crippen LogP contribution in [-0.2, 0) is 21.2 Å². The molecule has 4 rings (SSSR count). The van der Waals surface area contributed by atoms with E-state index in [4.69, 9.17) is 0 Å². The number of hydrogen-bond donors (Lipinski definition) is 1. The lowest BCUT2D eigenvalue weighted by molar-refractivity contribution is -0.387. The van der Waals surface area contributed by atoms with Crippen molar-refractivity contribution < 1.29 is 18.1 Å². The molecule has 1 fully saturated rings. The molecule has 1 aliphatic heterocycles. The van der Waals surface area contributed by atoms with Crippen LogP contribution in [0.1, 0.15) is 24.8 Å². The number of carbonyl (C=O) groups excluding carboxylic acids is 1. The number of nitro benzene ring substituents is 1. The van der Waals surface area contributed by atoms with Gasteiger partial charge in [-0.1, -0.05) is 18.2 Å². The number of benzene rings is 2. The normalized spacial score (nSPS) is 16.4. The van der Waals surface area contributed by atoms with Crippen molar-refractivity contribution in [2.75, 3.05) is 16.2 Å². The second-order valence-corrected chi connectivity index (χ2v) is 8.69. The molecule has 1 heterocycles. The number of sulfonamides is 1. The zero-order chi connectivity index (χ0) is 19.9. The van der Waals surface area contributed by atoms with Gasteiger partial charge in [0, 0.05) is 24.2 Å². The molecule has 1 amide bonds. The van der Waals surface area contributed by atoms with Gasteiger partial charge in [-0.15, -0.1) is 0 Å². The molecule has 146 valence electrons. The largest absolute Gasteiger partial charge is 0.312 e. The molecule has 1 aliphatic carbocycles. The number of anilines is 2. The third kappa shape index (κ3) is 3.45. The Hall–Kier alpha value is -2.94. The zero-order valence-corrected chi connectivity index (χ0v) is 15.8. The smallest absolute Gasteiger partial charge is 0.289 e. The molecular formula is C19H19N3O5S. The number of para-hydroxylation sites is 1. The van der Waals surface area contributed by atoms with E-state index in [0.29, 0.717) is 12.2 Å². The van der Waals surface area contributed by atoms with E-state index in [0.717, 1.165) is 37.3 Å². The predicted molar refractivity (Wildman–Crippen MR) is 104 cm³/mol. The monoisotopic (exact) mass is 401 g/mol. The van der Waals surface area contributed by atoms with E-state index < -0.39 is 25.5 Å². The summed E-state index contributed by atoms with van der Waals surface area (Å²) in [6, 6.07) is 10.3. The van der Waals surface area contributed by atoms with Crippen molar-refractivity contribution in [2.45, 2.75) is 30.6 Å². The van der Waals surface area contributed by atoms with Gasteiger partial charge in [-0.05, 0) is 49.4 Å². The van der Waals surface area contributed by atoms with Crippen molar-refractivity contribution in [3.63, 3.8) is 0 Å². The fraction of sp³-hybridized carbons (Fsp3) is 0.316. The Labute approximate surface area is 162 Å². The van der Waals surface area contributed by atoms with Crippen molar-refractivity contribution in [1.29, 1.82) is 0 Å². The van der Waals surface area contributed by atoms with Crippen molar-refractivity contribution in [3.8, 4) is 0 Å². The highest BCUT2D eigenvalue weighted by Crippen LogP contribution is 2.37. The van der Waals surface area contributed by atoms with Crippen molar-refractivity contribution in [2.24, 2.45) is 5.92 Å². The molecular weight excluding hydrogens is 382 g/mol. The molecule has 8 nitrogen and oxygen atoms in total. The number of aryl methyl sites for hydroxylation is 1. The van der Waals surface area contributed by atoms with Gasteiger partial charge >= 0.3 is 0 Å². The lowest BCUT2D eigenvalue weighted by Crippen LogP contribution is -2.36. The summed E-state index contributed by atoms with van der Waals surface area (Å²) in [5, 5.41) is 11.2. The first kappa shape index (κ1) is 18.4. The first-order valence-electron chi connectivity index (χ1n) is 9.07. The summed E-state index contributed by atoms with van der Waals surface area (Å²) in [5.41, 5.74) is 1.49. The van der Waals surface area contributed by atoms with Crippen LogP contribution in [0.25, 0.3) is 0 Å². The Bertz CT molecular complexity index is 1060. The fourth-order valence-corrected chi connectivity index (χ4v) is 4.69. The quantitative estimate of drug-likeness (QED) is 0.612.